The van der Waals surface area contributed by atoms with Crippen molar-refractivity contribution < 1.29 is 4.74 Å². The van der Waals surface area contributed by atoms with Gasteiger partial charge in [-0.25, -0.2) is 9.97 Å². The van der Waals surface area contributed by atoms with Gasteiger partial charge in [0.1, 0.15) is 10.9 Å². The molecule has 0 bridgehead atoms. The van der Waals surface area contributed by atoms with Crippen LogP contribution in [0.15, 0.2) is 24.3 Å². The van der Waals surface area contributed by atoms with E-state index >= 15 is 0 Å². The first-order valence-corrected chi connectivity index (χ1v) is 7.29. The molecule has 0 saturated carbocycles. The number of halogens is 1. The van der Waals surface area contributed by atoms with Gasteiger partial charge >= 0.3 is 0 Å². The Hall–Kier alpha value is -1.61. The summed E-state index contributed by atoms with van der Waals surface area (Å²) in [4.78, 5) is 8.94. The monoisotopic (exact) mass is 290 g/mol. The van der Waals surface area contributed by atoms with Crippen LogP contribution in [0, 0.1) is 6.92 Å². The van der Waals surface area contributed by atoms with Crippen LogP contribution in [0.5, 0.6) is 5.75 Å². The first-order chi connectivity index (χ1) is 9.65. The SMILES string of the molecule is CCCOc1cccc(-c2nc(C)c(CC)c(Cl)n2)c1. The fraction of sp³-hybridized carbons (Fsp3) is 0.375. The molecule has 0 unspecified atom stereocenters. The minimum absolute atomic E-state index is 0.537. The van der Waals surface area contributed by atoms with E-state index in [0.29, 0.717) is 17.6 Å². The van der Waals surface area contributed by atoms with E-state index in [9.17, 15) is 0 Å². The van der Waals surface area contributed by atoms with Gasteiger partial charge in [-0.3, -0.25) is 0 Å². The molecule has 0 aliphatic carbocycles. The standard InChI is InChI=1S/C16H19ClN2O/c1-4-9-20-13-8-6-7-12(10-13)16-18-11(3)14(5-2)15(17)19-16/h6-8,10H,4-5,9H2,1-3H3. The number of hydrogen-bond donors (Lipinski definition) is 0. The normalized spacial score (nSPS) is 10.6. The number of aryl methyl sites for hydroxylation is 1. The number of hydrogen-bond acceptors (Lipinski definition) is 3. The third-order valence-corrected chi connectivity index (χ3v) is 3.39. The molecule has 0 spiro atoms. The summed E-state index contributed by atoms with van der Waals surface area (Å²) in [5.74, 6) is 1.48. The van der Waals surface area contributed by atoms with E-state index in [1.165, 1.54) is 0 Å². The fourth-order valence-electron chi connectivity index (χ4n) is 2.04. The Morgan fingerprint density at radius 2 is 2.00 bits per heavy atom. The Kier molecular flexibility index (Phi) is 4.96. The Balaban J connectivity index is 2.36. The van der Waals surface area contributed by atoms with Crippen molar-refractivity contribution in [2.24, 2.45) is 0 Å². The summed E-state index contributed by atoms with van der Waals surface area (Å²) < 4.78 is 5.63. The van der Waals surface area contributed by atoms with Crippen LogP contribution >= 0.6 is 11.6 Å². The predicted octanol–water partition coefficient (Wildman–Crippen LogP) is 4.46. The van der Waals surface area contributed by atoms with Crippen molar-refractivity contribution in [3.63, 3.8) is 0 Å². The topological polar surface area (TPSA) is 35.0 Å². The van der Waals surface area contributed by atoms with Gasteiger partial charge in [-0.05, 0) is 31.9 Å². The zero-order valence-corrected chi connectivity index (χ0v) is 12.9. The number of ether oxygens (including phenoxy) is 1. The van der Waals surface area contributed by atoms with Crippen LogP contribution in [0.25, 0.3) is 11.4 Å². The summed E-state index contributed by atoms with van der Waals surface area (Å²) in [7, 11) is 0. The predicted molar refractivity (Wildman–Crippen MR) is 82.4 cm³/mol. The summed E-state index contributed by atoms with van der Waals surface area (Å²) in [5.41, 5.74) is 2.86. The Labute approximate surface area is 125 Å². The lowest BCUT2D eigenvalue weighted by Gasteiger charge is -2.09. The molecule has 1 aromatic carbocycles. The van der Waals surface area contributed by atoms with E-state index in [-0.39, 0.29) is 0 Å². The summed E-state index contributed by atoms with van der Waals surface area (Å²) in [6, 6.07) is 7.80. The summed E-state index contributed by atoms with van der Waals surface area (Å²) in [5, 5.41) is 0.537. The number of benzene rings is 1. The lowest BCUT2D eigenvalue weighted by molar-refractivity contribution is 0.317. The van der Waals surface area contributed by atoms with Gasteiger partial charge in [0, 0.05) is 16.8 Å². The highest BCUT2D eigenvalue weighted by molar-refractivity contribution is 6.30. The molecule has 0 fully saturated rings. The quantitative estimate of drug-likeness (QED) is 0.763. The summed E-state index contributed by atoms with van der Waals surface area (Å²) in [6.07, 6.45) is 1.82. The van der Waals surface area contributed by atoms with Crippen molar-refractivity contribution in [2.75, 3.05) is 6.61 Å². The van der Waals surface area contributed by atoms with E-state index in [2.05, 4.69) is 23.8 Å². The van der Waals surface area contributed by atoms with Crippen LogP contribution in [0.4, 0.5) is 0 Å². The number of aromatic nitrogens is 2. The molecule has 0 aliphatic rings. The highest BCUT2D eigenvalue weighted by Gasteiger charge is 2.10. The first kappa shape index (κ1) is 14.8. The second-order valence-electron chi connectivity index (χ2n) is 4.63. The van der Waals surface area contributed by atoms with Crippen LogP contribution in [0.1, 0.15) is 31.5 Å². The first-order valence-electron chi connectivity index (χ1n) is 6.92. The summed E-state index contributed by atoms with van der Waals surface area (Å²) >= 11 is 6.23. The van der Waals surface area contributed by atoms with Gasteiger partial charge in [-0.2, -0.15) is 0 Å². The maximum absolute atomic E-state index is 6.23. The zero-order valence-electron chi connectivity index (χ0n) is 12.1. The second kappa shape index (κ2) is 6.71. The second-order valence-corrected chi connectivity index (χ2v) is 4.99. The van der Waals surface area contributed by atoms with E-state index in [4.69, 9.17) is 16.3 Å². The van der Waals surface area contributed by atoms with Gasteiger partial charge in [0.2, 0.25) is 0 Å². The summed E-state index contributed by atoms with van der Waals surface area (Å²) in [6.45, 7) is 6.81. The molecule has 0 atom stereocenters. The molecule has 106 valence electrons. The largest absolute Gasteiger partial charge is 0.494 e. The van der Waals surface area contributed by atoms with Crippen molar-refractivity contribution in [3.8, 4) is 17.1 Å². The molecule has 0 radical (unpaired) electrons. The molecule has 20 heavy (non-hydrogen) atoms. The fourth-order valence-corrected chi connectivity index (χ4v) is 2.39. The maximum atomic E-state index is 6.23. The van der Waals surface area contributed by atoms with Gasteiger partial charge in [-0.15, -0.1) is 0 Å². The minimum Gasteiger partial charge on any atom is -0.494 e. The molecular weight excluding hydrogens is 272 g/mol. The Morgan fingerprint density at radius 3 is 2.65 bits per heavy atom. The maximum Gasteiger partial charge on any atom is 0.161 e. The van der Waals surface area contributed by atoms with Gasteiger partial charge in [0.25, 0.3) is 0 Å². The molecule has 0 N–H and O–H groups in total. The number of nitrogens with zero attached hydrogens (tertiary/aromatic N) is 2. The number of rotatable bonds is 5. The van der Waals surface area contributed by atoms with Crippen molar-refractivity contribution >= 4 is 11.6 Å². The van der Waals surface area contributed by atoms with Crippen LogP contribution in [0.2, 0.25) is 5.15 Å². The van der Waals surface area contributed by atoms with Gasteiger partial charge in [0.15, 0.2) is 5.82 Å². The lowest BCUT2D eigenvalue weighted by Crippen LogP contribution is -2.00. The van der Waals surface area contributed by atoms with E-state index in [0.717, 1.165) is 35.4 Å². The Bertz CT molecular complexity index is 576. The van der Waals surface area contributed by atoms with Crippen LogP contribution < -0.4 is 4.74 Å². The van der Waals surface area contributed by atoms with Crippen molar-refractivity contribution in [3.05, 3.63) is 40.7 Å². The van der Waals surface area contributed by atoms with Gasteiger partial charge < -0.3 is 4.74 Å². The molecule has 0 amide bonds. The minimum atomic E-state index is 0.537. The van der Waals surface area contributed by atoms with E-state index in [1.807, 2.05) is 31.2 Å². The zero-order chi connectivity index (χ0) is 14.5. The molecular formula is C16H19ClN2O. The van der Waals surface area contributed by atoms with Crippen molar-refractivity contribution in [1.82, 2.24) is 9.97 Å². The molecule has 3 nitrogen and oxygen atoms in total. The molecule has 2 rings (SSSR count). The molecule has 0 saturated heterocycles. The molecule has 1 aromatic heterocycles. The third kappa shape index (κ3) is 3.28. The van der Waals surface area contributed by atoms with Crippen LogP contribution in [-0.4, -0.2) is 16.6 Å². The Morgan fingerprint density at radius 1 is 1.20 bits per heavy atom. The van der Waals surface area contributed by atoms with Crippen molar-refractivity contribution in [2.45, 2.75) is 33.6 Å². The molecule has 0 aliphatic heterocycles. The highest BCUT2D eigenvalue weighted by atomic mass is 35.5. The molecule has 1 heterocycles. The van der Waals surface area contributed by atoms with Crippen LogP contribution in [0.3, 0.4) is 0 Å². The highest BCUT2D eigenvalue weighted by Crippen LogP contribution is 2.25. The van der Waals surface area contributed by atoms with E-state index < -0.39 is 0 Å². The van der Waals surface area contributed by atoms with E-state index in [1.54, 1.807) is 0 Å². The van der Waals surface area contributed by atoms with Crippen LogP contribution in [-0.2, 0) is 6.42 Å². The average molecular weight is 291 g/mol. The average Bonchev–Trinajstić information content (AvgIpc) is 2.45. The molecule has 4 heteroatoms. The van der Waals surface area contributed by atoms with Crippen molar-refractivity contribution in [1.29, 1.82) is 0 Å². The third-order valence-electron chi connectivity index (χ3n) is 3.08. The smallest absolute Gasteiger partial charge is 0.161 e. The molecule has 2 aromatic rings. The lowest BCUT2D eigenvalue weighted by atomic mass is 10.1. The van der Waals surface area contributed by atoms with Gasteiger partial charge in [0.05, 0.1) is 6.61 Å². The van der Waals surface area contributed by atoms with Gasteiger partial charge in [-0.1, -0.05) is 37.6 Å².